The summed E-state index contributed by atoms with van der Waals surface area (Å²) >= 11 is 3.26. The van der Waals surface area contributed by atoms with Crippen molar-refractivity contribution < 1.29 is 0 Å². The summed E-state index contributed by atoms with van der Waals surface area (Å²) in [5, 5.41) is 13.5. The molecule has 0 aromatic carbocycles. The number of fused-ring (bicyclic) bond motifs is 2. The first-order valence-electron chi connectivity index (χ1n) is 6.66. The molecule has 4 rings (SSSR count). The van der Waals surface area contributed by atoms with E-state index < -0.39 is 0 Å². The van der Waals surface area contributed by atoms with Crippen molar-refractivity contribution in [3.63, 3.8) is 0 Å². The standard InChI is InChI=1S/C16H10N4S2/c17-7-13-11(8-20-5-2-1-3-14(13)20)9-22-16-12-4-6-21-15(12)18-10-19-16/h1-6,8,10H,9H2. The van der Waals surface area contributed by atoms with Gasteiger partial charge in [0, 0.05) is 23.5 Å². The first kappa shape index (κ1) is 13.3. The largest absolute Gasteiger partial charge is 0.322 e. The molecule has 0 atom stereocenters. The lowest BCUT2D eigenvalue weighted by Crippen LogP contribution is -1.86. The molecule has 0 aliphatic rings. The van der Waals surface area contributed by atoms with Gasteiger partial charge in [-0.1, -0.05) is 6.07 Å². The van der Waals surface area contributed by atoms with Gasteiger partial charge < -0.3 is 4.40 Å². The van der Waals surface area contributed by atoms with Crippen LogP contribution in [0.4, 0.5) is 0 Å². The van der Waals surface area contributed by atoms with E-state index in [0.717, 1.165) is 31.9 Å². The molecular formula is C16H10N4S2. The van der Waals surface area contributed by atoms with Crippen molar-refractivity contribution in [1.29, 1.82) is 5.26 Å². The number of thiophene rings is 1. The molecule has 22 heavy (non-hydrogen) atoms. The summed E-state index contributed by atoms with van der Waals surface area (Å²) in [7, 11) is 0. The summed E-state index contributed by atoms with van der Waals surface area (Å²) in [6.45, 7) is 0. The summed E-state index contributed by atoms with van der Waals surface area (Å²) in [4.78, 5) is 9.64. The maximum absolute atomic E-state index is 9.44. The van der Waals surface area contributed by atoms with E-state index in [0.29, 0.717) is 5.75 Å². The average Bonchev–Trinajstić information content (AvgIpc) is 3.16. The Morgan fingerprint density at radius 1 is 1.27 bits per heavy atom. The lowest BCUT2D eigenvalue weighted by Gasteiger charge is -2.01. The molecule has 4 heterocycles. The number of aromatic nitrogens is 3. The van der Waals surface area contributed by atoms with Crippen LogP contribution in [0, 0.1) is 11.3 Å². The molecule has 0 fully saturated rings. The van der Waals surface area contributed by atoms with Gasteiger partial charge in [-0.25, -0.2) is 9.97 Å². The molecule has 0 bridgehead atoms. The van der Waals surface area contributed by atoms with E-state index in [4.69, 9.17) is 0 Å². The van der Waals surface area contributed by atoms with Gasteiger partial charge in [-0.15, -0.1) is 23.1 Å². The molecule has 4 nitrogen and oxygen atoms in total. The first-order chi connectivity index (χ1) is 10.9. The van der Waals surface area contributed by atoms with Gasteiger partial charge in [-0.2, -0.15) is 5.26 Å². The highest BCUT2D eigenvalue weighted by molar-refractivity contribution is 7.98. The third kappa shape index (κ3) is 2.15. The van der Waals surface area contributed by atoms with Crippen LogP contribution in [0.15, 0.2) is 53.4 Å². The van der Waals surface area contributed by atoms with Gasteiger partial charge in [0.05, 0.1) is 11.1 Å². The summed E-state index contributed by atoms with van der Waals surface area (Å²) in [5.74, 6) is 0.715. The van der Waals surface area contributed by atoms with Gasteiger partial charge in [0.2, 0.25) is 0 Å². The highest BCUT2D eigenvalue weighted by atomic mass is 32.2. The van der Waals surface area contributed by atoms with Gasteiger partial charge in [0.15, 0.2) is 0 Å². The normalized spacial score (nSPS) is 11.0. The molecule has 6 heteroatoms. The number of hydrogen-bond donors (Lipinski definition) is 0. The van der Waals surface area contributed by atoms with Crippen LogP contribution in [-0.4, -0.2) is 14.4 Å². The van der Waals surface area contributed by atoms with E-state index in [1.165, 1.54) is 0 Å². The fourth-order valence-corrected chi connectivity index (χ4v) is 4.19. The smallest absolute Gasteiger partial charge is 0.127 e. The Morgan fingerprint density at radius 2 is 2.23 bits per heavy atom. The van der Waals surface area contributed by atoms with Crippen LogP contribution in [0.25, 0.3) is 15.7 Å². The van der Waals surface area contributed by atoms with Gasteiger partial charge in [-0.05, 0) is 29.1 Å². The summed E-state index contributed by atoms with van der Waals surface area (Å²) in [6.07, 6.45) is 5.58. The second-order valence-corrected chi connectivity index (χ2v) is 6.60. The second kappa shape index (κ2) is 5.44. The highest BCUT2D eigenvalue weighted by Crippen LogP contribution is 2.31. The van der Waals surface area contributed by atoms with Crippen LogP contribution < -0.4 is 0 Å². The maximum Gasteiger partial charge on any atom is 0.127 e. The fourth-order valence-electron chi connectivity index (χ4n) is 2.44. The zero-order valence-corrected chi connectivity index (χ0v) is 13.1. The summed E-state index contributed by atoms with van der Waals surface area (Å²) in [6, 6.07) is 10.2. The van der Waals surface area contributed by atoms with Crippen LogP contribution in [0.5, 0.6) is 0 Å². The maximum atomic E-state index is 9.44. The molecule has 0 saturated carbocycles. The zero-order valence-electron chi connectivity index (χ0n) is 11.4. The van der Waals surface area contributed by atoms with Crippen LogP contribution in [0.3, 0.4) is 0 Å². The van der Waals surface area contributed by atoms with E-state index in [1.54, 1.807) is 29.4 Å². The van der Waals surface area contributed by atoms with Crippen molar-refractivity contribution in [3.8, 4) is 6.07 Å². The molecule has 106 valence electrons. The molecule has 0 spiro atoms. The topological polar surface area (TPSA) is 54.0 Å². The zero-order chi connectivity index (χ0) is 14.9. The van der Waals surface area contributed by atoms with Crippen LogP contribution in [0.1, 0.15) is 11.1 Å². The Hall–Kier alpha value is -2.36. The second-order valence-electron chi connectivity index (χ2n) is 4.74. The number of nitrogens with zero attached hydrogens (tertiary/aromatic N) is 4. The molecule has 0 amide bonds. The Labute approximate surface area is 135 Å². The number of pyridine rings is 1. The number of nitriles is 1. The van der Waals surface area contributed by atoms with Crippen LogP contribution in [0.2, 0.25) is 0 Å². The molecule has 0 radical (unpaired) electrons. The number of thioether (sulfide) groups is 1. The minimum atomic E-state index is 0.715. The molecule has 0 unspecified atom stereocenters. The van der Waals surface area contributed by atoms with Crippen molar-refractivity contribution in [2.24, 2.45) is 0 Å². The molecule has 0 N–H and O–H groups in total. The number of hydrogen-bond acceptors (Lipinski definition) is 5. The highest BCUT2D eigenvalue weighted by Gasteiger charge is 2.12. The van der Waals surface area contributed by atoms with Crippen molar-refractivity contribution in [2.45, 2.75) is 10.8 Å². The van der Waals surface area contributed by atoms with E-state index in [2.05, 4.69) is 16.0 Å². The van der Waals surface area contributed by atoms with Crippen molar-refractivity contribution in [3.05, 3.63) is 59.5 Å². The number of rotatable bonds is 3. The molecule has 0 saturated heterocycles. The molecule has 0 aliphatic carbocycles. The molecule has 0 aliphatic heterocycles. The van der Waals surface area contributed by atoms with Gasteiger partial charge >= 0.3 is 0 Å². The predicted octanol–water partition coefficient (Wildman–Crippen LogP) is 4.11. The van der Waals surface area contributed by atoms with Crippen molar-refractivity contribution in [1.82, 2.24) is 14.4 Å². The third-order valence-electron chi connectivity index (χ3n) is 3.46. The third-order valence-corrected chi connectivity index (χ3v) is 5.34. The summed E-state index contributed by atoms with van der Waals surface area (Å²) in [5.41, 5.74) is 2.72. The summed E-state index contributed by atoms with van der Waals surface area (Å²) < 4.78 is 1.99. The Balaban J connectivity index is 1.70. The van der Waals surface area contributed by atoms with Gasteiger partial charge in [-0.3, -0.25) is 0 Å². The Morgan fingerprint density at radius 3 is 3.14 bits per heavy atom. The monoisotopic (exact) mass is 322 g/mol. The van der Waals surface area contributed by atoms with E-state index >= 15 is 0 Å². The van der Waals surface area contributed by atoms with Crippen molar-refractivity contribution >= 4 is 38.8 Å². The molecular weight excluding hydrogens is 312 g/mol. The van der Waals surface area contributed by atoms with Gasteiger partial charge in [0.25, 0.3) is 0 Å². The van der Waals surface area contributed by atoms with E-state index in [9.17, 15) is 5.26 Å². The van der Waals surface area contributed by atoms with Crippen LogP contribution >= 0.6 is 23.1 Å². The minimum absolute atomic E-state index is 0.715. The quantitative estimate of drug-likeness (QED) is 0.421. The van der Waals surface area contributed by atoms with Crippen molar-refractivity contribution in [2.75, 3.05) is 0 Å². The average molecular weight is 322 g/mol. The van der Waals surface area contributed by atoms with Gasteiger partial charge in [0.1, 0.15) is 22.3 Å². The molecule has 4 aromatic rings. The SMILES string of the molecule is N#Cc1c(CSc2ncnc3sccc23)cn2ccccc12. The first-order valence-corrected chi connectivity index (χ1v) is 8.53. The lowest BCUT2D eigenvalue weighted by molar-refractivity contribution is 1.11. The minimum Gasteiger partial charge on any atom is -0.322 e. The fraction of sp³-hybridized carbons (Fsp3) is 0.0625. The Bertz CT molecular complexity index is 1010. The predicted molar refractivity (Wildman–Crippen MR) is 89.1 cm³/mol. The van der Waals surface area contributed by atoms with Crippen LogP contribution in [-0.2, 0) is 5.75 Å². The Kier molecular flexibility index (Phi) is 3.29. The molecule has 4 aromatic heterocycles. The van der Waals surface area contributed by atoms with E-state index in [-0.39, 0.29) is 0 Å². The van der Waals surface area contributed by atoms with E-state index in [1.807, 2.05) is 46.4 Å². The lowest BCUT2D eigenvalue weighted by atomic mass is 10.2.